The first kappa shape index (κ1) is 14.1. The molecule has 0 rings (SSSR count). The van der Waals surface area contributed by atoms with Gasteiger partial charge in [0.25, 0.3) is 0 Å². The van der Waals surface area contributed by atoms with Crippen molar-refractivity contribution in [2.75, 3.05) is 29.3 Å². The molecule has 0 aromatic rings. The average molecular weight is 232 g/mol. The van der Waals surface area contributed by atoms with Crippen LogP contribution in [0.15, 0.2) is 0 Å². The molecule has 0 spiro atoms. The Hall–Kier alpha value is 0.140. The van der Waals surface area contributed by atoms with Crippen molar-refractivity contribution in [3.63, 3.8) is 0 Å². The summed E-state index contributed by atoms with van der Waals surface area (Å²) in [5, 5.41) is 0. The average Bonchev–Trinajstić information content (AvgIpc) is 2.14. The topological polar surface area (TPSA) is 0 Å². The highest BCUT2D eigenvalue weighted by Crippen LogP contribution is 2.66. The Morgan fingerprint density at radius 2 is 1.29 bits per heavy atom. The normalized spacial score (nSPS) is 16.4. The van der Waals surface area contributed by atoms with Crippen LogP contribution in [0.3, 0.4) is 0 Å². The zero-order valence-electron chi connectivity index (χ0n) is 9.62. The summed E-state index contributed by atoms with van der Waals surface area (Å²) in [5.41, 5.74) is 0. The second kappa shape index (κ2) is 4.33. The van der Waals surface area contributed by atoms with E-state index >= 15 is 0 Å². The van der Waals surface area contributed by atoms with Crippen molar-refractivity contribution < 1.29 is 13.2 Å². The summed E-state index contributed by atoms with van der Waals surface area (Å²) in [6.45, 7) is 6.13. The molecule has 0 saturated carbocycles. The maximum Gasteiger partial charge on any atom is 0.389 e. The Labute approximate surface area is 85.5 Å². The van der Waals surface area contributed by atoms with Gasteiger partial charge >= 0.3 is 6.18 Å². The van der Waals surface area contributed by atoms with Crippen LogP contribution in [-0.2, 0) is 0 Å². The molecule has 0 heterocycles. The lowest BCUT2D eigenvalue weighted by Gasteiger charge is -2.57. The first-order chi connectivity index (χ1) is 6.19. The number of hydrogen-bond donors (Lipinski definition) is 1. The van der Waals surface area contributed by atoms with E-state index in [2.05, 4.69) is 6.26 Å². The minimum Gasteiger partial charge on any atom is -0.285 e. The van der Waals surface area contributed by atoms with Crippen LogP contribution in [0.25, 0.3) is 0 Å². The van der Waals surface area contributed by atoms with Gasteiger partial charge in [-0.05, 0) is 29.3 Å². The third-order valence-corrected chi connectivity index (χ3v) is 11.6. The molecule has 0 aromatic heterocycles. The van der Waals surface area contributed by atoms with Gasteiger partial charge in [-0.15, -0.1) is 0 Å². The van der Waals surface area contributed by atoms with Crippen molar-refractivity contribution in [2.24, 2.45) is 0 Å². The quantitative estimate of drug-likeness (QED) is 0.686. The van der Waals surface area contributed by atoms with Crippen molar-refractivity contribution in [3.05, 3.63) is 0 Å². The van der Waals surface area contributed by atoms with Crippen molar-refractivity contribution >= 4 is 9.16 Å². The maximum absolute atomic E-state index is 12.2. The van der Waals surface area contributed by atoms with Gasteiger partial charge in [-0.3, -0.25) is 9.16 Å². The predicted molar refractivity (Wildman–Crippen MR) is 62.1 cm³/mol. The van der Waals surface area contributed by atoms with Crippen LogP contribution in [0.1, 0.15) is 27.2 Å². The molecule has 0 aliphatic rings. The van der Waals surface area contributed by atoms with Gasteiger partial charge in [-0.25, -0.2) is 0 Å². The van der Waals surface area contributed by atoms with E-state index in [1.807, 2.05) is 20.8 Å². The lowest BCUT2D eigenvalue weighted by atomic mass is 10.5. The Balaban J connectivity index is 4.54. The van der Waals surface area contributed by atoms with Crippen LogP contribution < -0.4 is 0 Å². The molecular weight excluding hydrogens is 209 g/mol. The standard InChI is InChI=1S/C10H23F3S/c1-5-14(4,6-2,7-3)9-8-10(11,12)13/h14H,5-9H2,1-4H3. The molecule has 0 aliphatic carbocycles. The first-order valence-corrected chi connectivity index (χ1v) is 8.68. The highest BCUT2D eigenvalue weighted by molar-refractivity contribution is 8.49. The number of rotatable bonds is 5. The monoisotopic (exact) mass is 232 g/mol. The van der Waals surface area contributed by atoms with E-state index in [-0.39, 0.29) is 0 Å². The molecule has 14 heavy (non-hydrogen) atoms. The summed E-state index contributed by atoms with van der Waals surface area (Å²) in [4.78, 5) is 0. The summed E-state index contributed by atoms with van der Waals surface area (Å²) in [6, 6.07) is 0. The molecular formula is C10H23F3S. The molecule has 0 aromatic carbocycles. The predicted octanol–water partition coefficient (Wildman–Crippen LogP) is 3.70. The molecule has 0 saturated heterocycles. The van der Waals surface area contributed by atoms with Gasteiger partial charge in [-0.2, -0.15) is 13.2 Å². The van der Waals surface area contributed by atoms with Crippen LogP contribution in [0.4, 0.5) is 13.2 Å². The fourth-order valence-electron chi connectivity index (χ4n) is 1.62. The molecule has 0 nitrogen and oxygen atoms in total. The zero-order valence-corrected chi connectivity index (χ0v) is 10.5. The van der Waals surface area contributed by atoms with Crippen molar-refractivity contribution in [1.29, 1.82) is 0 Å². The fourth-order valence-corrected chi connectivity index (χ4v) is 4.86. The number of halogens is 3. The van der Waals surface area contributed by atoms with Crippen molar-refractivity contribution in [2.45, 2.75) is 33.4 Å². The first-order valence-electron chi connectivity index (χ1n) is 5.25. The largest absolute Gasteiger partial charge is 0.389 e. The van der Waals surface area contributed by atoms with Crippen molar-refractivity contribution in [3.8, 4) is 0 Å². The van der Waals surface area contributed by atoms with Gasteiger partial charge in [0.15, 0.2) is 0 Å². The van der Waals surface area contributed by atoms with Gasteiger partial charge in [-0.1, -0.05) is 20.8 Å². The molecule has 0 fully saturated rings. The van der Waals surface area contributed by atoms with Gasteiger partial charge < -0.3 is 0 Å². The van der Waals surface area contributed by atoms with E-state index < -0.39 is 21.8 Å². The summed E-state index contributed by atoms with van der Waals surface area (Å²) in [7, 11) is -2.02. The molecule has 0 atom stereocenters. The lowest BCUT2D eigenvalue weighted by Crippen LogP contribution is -2.30. The maximum atomic E-state index is 12.2. The van der Waals surface area contributed by atoms with Gasteiger partial charge in [0.2, 0.25) is 0 Å². The van der Waals surface area contributed by atoms with Crippen LogP contribution in [0, 0.1) is 0 Å². The van der Waals surface area contributed by atoms with E-state index in [1.54, 1.807) is 0 Å². The molecule has 0 aliphatic heterocycles. The molecule has 0 N–H and O–H groups in total. The van der Waals surface area contributed by atoms with Gasteiger partial charge in [0.1, 0.15) is 0 Å². The second-order valence-corrected chi connectivity index (χ2v) is 12.2. The van der Waals surface area contributed by atoms with Crippen LogP contribution >= 0.6 is 9.16 Å². The third kappa shape index (κ3) is 3.71. The molecule has 0 radical (unpaired) electrons. The van der Waals surface area contributed by atoms with Gasteiger partial charge in [0, 0.05) is 6.42 Å². The van der Waals surface area contributed by atoms with Crippen LogP contribution in [0.5, 0.6) is 0 Å². The van der Waals surface area contributed by atoms with E-state index in [4.69, 9.17) is 0 Å². The van der Waals surface area contributed by atoms with Gasteiger partial charge in [0.05, 0.1) is 0 Å². The minimum absolute atomic E-state index is 0.374. The Morgan fingerprint density at radius 3 is 1.50 bits per heavy atom. The minimum atomic E-state index is -3.99. The Bertz CT molecular complexity index is 171. The molecule has 0 unspecified atom stereocenters. The van der Waals surface area contributed by atoms with E-state index in [1.165, 1.54) is 0 Å². The SMILES string of the molecule is CC[SH](C)(CC)(CC)CCC(F)(F)F. The summed E-state index contributed by atoms with van der Waals surface area (Å²) in [6.07, 6.45) is -2.47. The smallest absolute Gasteiger partial charge is 0.285 e. The highest BCUT2D eigenvalue weighted by Gasteiger charge is 2.36. The third-order valence-electron chi connectivity index (χ3n) is 4.05. The second-order valence-electron chi connectivity index (χ2n) is 4.64. The number of hydrogen-bond acceptors (Lipinski definition) is 0. The molecule has 4 heteroatoms. The zero-order chi connectivity index (χ0) is 11.5. The van der Waals surface area contributed by atoms with Crippen LogP contribution in [0.2, 0.25) is 0 Å². The van der Waals surface area contributed by atoms with E-state index in [0.29, 0.717) is 5.75 Å². The molecule has 90 valence electrons. The molecule has 0 bridgehead atoms. The fraction of sp³-hybridized carbons (Fsp3) is 1.00. The van der Waals surface area contributed by atoms with Crippen LogP contribution in [-0.4, -0.2) is 35.4 Å². The summed E-state index contributed by atoms with van der Waals surface area (Å²) < 4.78 is 36.6. The highest BCUT2D eigenvalue weighted by atomic mass is 32.3. The summed E-state index contributed by atoms with van der Waals surface area (Å²) in [5.74, 6) is 3.19. The van der Waals surface area contributed by atoms with E-state index in [0.717, 1.165) is 17.3 Å². The Morgan fingerprint density at radius 1 is 0.929 bits per heavy atom. The van der Waals surface area contributed by atoms with Crippen molar-refractivity contribution in [1.82, 2.24) is 0 Å². The number of alkyl halides is 3. The summed E-state index contributed by atoms with van der Waals surface area (Å²) >= 11 is 0. The number of thiol groups is 1. The van der Waals surface area contributed by atoms with E-state index in [9.17, 15) is 13.2 Å². The lowest BCUT2D eigenvalue weighted by molar-refractivity contribution is -0.129. The molecule has 0 amide bonds. The Kier molecular flexibility index (Phi) is 4.38.